The Balaban J connectivity index is 2.77. The van der Waals surface area contributed by atoms with Gasteiger partial charge in [-0.1, -0.05) is 0 Å². The van der Waals surface area contributed by atoms with E-state index in [1.165, 1.54) is 8.91 Å². The second-order valence-electron chi connectivity index (χ2n) is 2.69. The van der Waals surface area contributed by atoms with E-state index in [-0.39, 0.29) is 0 Å². The highest BCUT2D eigenvalue weighted by molar-refractivity contribution is 8.00. The van der Waals surface area contributed by atoms with Gasteiger partial charge in [-0.25, -0.2) is 0 Å². The summed E-state index contributed by atoms with van der Waals surface area (Å²) in [5.41, 5.74) is 6.87. The van der Waals surface area contributed by atoms with Crippen molar-refractivity contribution in [3.05, 3.63) is 18.2 Å². The first-order valence-electron chi connectivity index (χ1n) is 3.77. The first kappa shape index (κ1) is 9.24. The number of fused-ring (bicyclic) bond motifs is 1. The minimum Gasteiger partial charge on any atom is -0.397 e. The van der Waals surface area contributed by atoms with Gasteiger partial charge in [0, 0.05) is 15.0 Å². The molecule has 13 heavy (non-hydrogen) atoms. The van der Waals surface area contributed by atoms with Gasteiger partial charge < -0.3 is 5.73 Å². The minimum atomic E-state index is 0.892. The maximum Gasteiger partial charge on any atom is 0.0838 e. The molecule has 0 aliphatic rings. The van der Waals surface area contributed by atoms with Crippen LogP contribution in [0.4, 0.5) is 5.69 Å². The number of thiophene rings is 1. The number of benzene rings is 1. The van der Waals surface area contributed by atoms with Crippen LogP contribution in [-0.4, -0.2) is 6.26 Å². The molecular weight excluding hydrogens is 218 g/mol. The van der Waals surface area contributed by atoms with Gasteiger partial charge in [-0.15, -0.1) is 35.7 Å². The molecule has 0 saturated carbocycles. The van der Waals surface area contributed by atoms with Crippen molar-refractivity contribution in [3.63, 3.8) is 0 Å². The maximum atomic E-state index is 5.97. The number of thiol groups is 1. The monoisotopic (exact) mass is 227 g/mol. The lowest BCUT2D eigenvalue weighted by Crippen LogP contribution is -1.82. The van der Waals surface area contributed by atoms with Crippen molar-refractivity contribution in [2.75, 3.05) is 12.0 Å². The molecular formula is C9H9NS3. The van der Waals surface area contributed by atoms with E-state index >= 15 is 0 Å². The number of rotatable bonds is 1. The van der Waals surface area contributed by atoms with Crippen molar-refractivity contribution in [1.82, 2.24) is 0 Å². The van der Waals surface area contributed by atoms with Crippen LogP contribution in [0.3, 0.4) is 0 Å². The summed E-state index contributed by atoms with van der Waals surface area (Å²) in [7, 11) is 0. The molecule has 0 radical (unpaired) electrons. The first-order valence-corrected chi connectivity index (χ1v) is 6.26. The van der Waals surface area contributed by atoms with Gasteiger partial charge in [0.25, 0.3) is 0 Å². The van der Waals surface area contributed by atoms with Crippen LogP contribution in [0.2, 0.25) is 0 Å². The van der Waals surface area contributed by atoms with Crippen LogP contribution in [-0.2, 0) is 0 Å². The van der Waals surface area contributed by atoms with Crippen molar-refractivity contribution >= 4 is 51.5 Å². The minimum absolute atomic E-state index is 0.892. The normalized spacial score (nSPS) is 10.9. The number of thioether (sulfide) groups is 1. The smallest absolute Gasteiger partial charge is 0.0838 e. The van der Waals surface area contributed by atoms with Gasteiger partial charge in [-0.2, -0.15) is 0 Å². The Morgan fingerprint density at radius 3 is 2.92 bits per heavy atom. The van der Waals surface area contributed by atoms with E-state index in [0.29, 0.717) is 0 Å². The Kier molecular flexibility index (Phi) is 2.45. The molecule has 0 bridgehead atoms. The molecule has 1 aromatic carbocycles. The summed E-state index contributed by atoms with van der Waals surface area (Å²) in [5.74, 6) is 0. The van der Waals surface area contributed by atoms with E-state index < -0.39 is 0 Å². The number of nitrogen functional groups attached to an aromatic ring is 1. The number of hydrogen-bond acceptors (Lipinski definition) is 4. The Hall–Kier alpha value is -0.320. The van der Waals surface area contributed by atoms with E-state index in [1.807, 2.05) is 18.4 Å². The standard InChI is InChI=1S/C9H9NS3/c1-12-9-8(10)6-4-5(11)2-3-7(6)13-9/h2-4,11H,10H2,1H3. The highest BCUT2D eigenvalue weighted by atomic mass is 32.2. The third kappa shape index (κ3) is 1.54. The molecule has 2 N–H and O–H groups in total. The molecule has 0 spiro atoms. The Morgan fingerprint density at radius 1 is 1.46 bits per heavy atom. The fourth-order valence-corrected chi connectivity index (χ4v) is 3.20. The van der Waals surface area contributed by atoms with E-state index in [1.54, 1.807) is 23.1 Å². The van der Waals surface area contributed by atoms with E-state index in [2.05, 4.69) is 18.7 Å². The van der Waals surface area contributed by atoms with E-state index in [4.69, 9.17) is 5.73 Å². The molecule has 1 nitrogen and oxygen atoms in total. The average Bonchev–Trinajstić information content (AvgIpc) is 2.44. The largest absolute Gasteiger partial charge is 0.397 e. The summed E-state index contributed by atoms with van der Waals surface area (Å²) in [5, 5.41) is 1.13. The zero-order chi connectivity index (χ0) is 9.42. The molecule has 0 saturated heterocycles. The van der Waals surface area contributed by atoms with Crippen molar-refractivity contribution < 1.29 is 0 Å². The van der Waals surface area contributed by atoms with E-state index in [0.717, 1.165) is 16.0 Å². The lowest BCUT2D eigenvalue weighted by molar-refractivity contribution is 1.54. The molecule has 4 heteroatoms. The summed E-state index contributed by atoms with van der Waals surface area (Å²) in [6, 6.07) is 6.08. The second kappa shape index (κ2) is 3.44. The van der Waals surface area contributed by atoms with Crippen molar-refractivity contribution in [1.29, 1.82) is 0 Å². The summed E-state index contributed by atoms with van der Waals surface area (Å²) in [6.45, 7) is 0. The Labute approximate surface area is 90.7 Å². The molecule has 68 valence electrons. The average molecular weight is 227 g/mol. The molecule has 2 rings (SSSR count). The molecule has 0 atom stereocenters. The molecule has 1 aromatic heterocycles. The van der Waals surface area contributed by atoms with Gasteiger partial charge in [0.2, 0.25) is 0 Å². The molecule has 0 fully saturated rings. The highest BCUT2D eigenvalue weighted by Gasteiger charge is 2.07. The molecule has 0 amide bonds. The fraction of sp³-hybridized carbons (Fsp3) is 0.111. The van der Waals surface area contributed by atoms with Gasteiger partial charge in [-0.05, 0) is 24.5 Å². The predicted molar refractivity (Wildman–Crippen MR) is 65.3 cm³/mol. The number of hydrogen-bond donors (Lipinski definition) is 2. The topological polar surface area (TPSA) is 26.0 Å². The molecule has 0 aliphatic carbocycles. The third-order valence-electron chi connectivity index (χ3n) is 1.86. The Morgan fingerprint density at radius 2 is 2.23 bits per heavy atom. The number of anilines is 1. The van der Waals surface area contributed by atoms with Crippen molar-refractivity contribution in [3.8, 4) is 0 Å². The van der Waals surface area contributed by atoms with Crippen LogP contribution in [0.15, 0.2) is 27.3 Å². The lowest BCUT2D eigenvalue weighted by atomic mass is 10.2. The van der Waals surface area contributed by atoms with Crippen molar-refractivity contribution in [2.24, 2.45) is 0 Å². The maximum absolute atomic E-state index is 5.97. The summed E-state index contributed by atoms with van der Waals surface area (Å²) in [6.07, 6.45) is 2.04. The van der Waals surface area contributed by atoms with Crippen LogP contribution in [0, 0.1) is 0 Å². The second-order valence-corrected chi connectivity index (χ2v) is 5.33. The molecule has 0 aliphatic heterocycles. The van der Waals surface area contributed by atoms with Crippen LogP contribution in [0.1, 0.15) is 0 Å². The van der Waals surface area contributed by atoms with Gasteiger partial charge in [0.15, 0.2) is 0 Å². The van der Waals surface area contributed by atoms with Crippen LogP contribution < -0.4 is 5.73 Å². The molecule has 1 heterocycles. The van der Waals surface area contributed by atoms with Gasteiger partial charge in [0.1, 0.15) is 0 Å². The zero-order valence-electron chi connectivity index (χ0n) is 7.07. The predicted octanol–water partition coefficient (Wildman–Crippen LogP) is 3.49. The van der Waals surface area contributed by atoms with Gasteiger partial charge >= 0.3 is 0 Å². The molecule has 2 aromatic rings. The molecule has 0 unspecified atom stereocenters. The van der Waals surface area contributed by atoms with Gasteiger partial charge in [-0.3, -0.25) is 0 Å². The highest BCUT2D eigenvalue weighted by Crippen LogP contribution is 2.39. The van der Waals surface area contributed by atoms with Crippen LogP contribution in [0.25, 0.3) is 10.1 Å². The summed E-state index contributed by atoms with van der Waals surface area (Å²) < 4.78 is 2.42. The lowest BCUT2D eigenvalue weighted by Gasteiger charge is -1.93. The van der Waals surface area contributed by atoms with Crippen LogP contribution >= 0.6 is 35.7 Å². The summed E-state index contributed by atoms with van der Waals surface area (Å²) in [4.78, 5) is 0.963. The van der Waals surface area contributed by atoms with Gasteiger partial charge in [0.05, 0.1) is 9.90 Å². The van der Waals surface area contributed by atoms with Crippen LogP contribution in [0.5, 0.6) is 0 Å². The SMILES string of the molecule is CSc1sc2ccc(S)cc2c1N. The van der Waals surface area contributed by atoms with E-state index in [9.17, 15) is 0 Å². The number of nitrogens with two attached hydrogens (primary N) is 1. The first-order chi connectivity index (χ1) is 6.22. The van der Waals surface area contributed by atoms with Crippen molar-refractivity contribution in [2.45, 2.75) is 9.10 Å². The Bertz CT molecular complexity index is 447. The third-order valence-corrected chi connectivity index (χ3v) is 4.46. The fourth-order valence-electron chi connectivity index (χ4n) is 1.23. The zero-order valence-corrected chi connectivity index (χ0v) is 9.60. The quantitative estimate of drug-likeness (QED) is 0.576. The summed E-state index contributed by atoms with van der Waals surface area (Å²) >= 11 is 7.72.